The first kappa shape index (κ1) is 10.4. The van der Waals surface area contributed by atoms with E-state index in [0.29, 0.717) is 5.41 Å². The molecule has 2 heteroatoms. The predicted molar refractivity (Wildman–Crippen MR) is 56.0 cm³/mol. The van der Waals surface area contributed by atoms with Crippen molar-refractivity contribution in [2.45, 2.75) is 52.2 Å². The van der Waals surface area contributed by atoms with Crippen LogP contribution in [0, 0.1) is 11.3 Å². The second-order valence-corrected chi connectivity index (χ2v) is 5.77. The van der Waals surface area contributed by atoms with Crippen molar-refractivity contribution in [1.82, 2.24) is 0 Å². The number of rotatable bonds is 0. The molecule has 2 nitrogen and oxygen atoms in total. The van der Waals surface area contributed by atoms with Gasteiger partial charge in [0.2, 0.25) is 0 Å². The molecule has 1 spiro atoms. The average Bonchev–Trinajstić information content (AvgIpc) is 2.52. The Morgan fingerprint density at radius 3 is 2.36 bits per heavy atom. The van der Waals surface area contributed by atoms with Crippen molar-refractivity contribution in [1.29, 1.82) is 0 Å². The van der Waals surface area contributed by atoms with Crippen LogP contribution in [0.25, 0.3) is 0 Å². The largest absolute Gasteiger partial charge is 0.348 e. The maximum Gasteiger partial charge on any atom is 0.168 e. The summed E-state index contributed by atoms with van der Waals surface area (Å²) in [6, 6.07) is 0. The quantitative estimate of drug-likeness (QED) is 0.596. The molecule has 1 aliphatic carbocycles. The van der Waals surface area contributed by atoms with Gasteiger partial charge in [-0.25, -0.2) is 0 Å². The fourth-order valence-electron chi connectivity index (χ4n) is 2.70. The van der Waals surface area contributed by atoms with Gasteiger partial charge in [0.15, 0.2) is 5.79 Å². The lowest BCUT2D eigenvalue weighted by molar-refractivity contribution is -0.194. The summed E-state index contributed by atoms with van der Waals surface area (Å²) < 4.78 is 11.6. The fourth-order valence-corrected chi connectivity index (χ4v) is 2.70. The zero-order chi connectivity index (χ0) is 10.2. The van der Waals surface area contributed by atoms with Crippen molar-refractivity contribution in [3.8, 4) is 0 Å². The lowest BCUT2D eigenvalue weighted by Crippen LogP contribution is -2.40. The van der Waals surface area contributed by atoms with Gasteiger partial charge < -0.3 is 9.47 Å². The molecule has 0 N–H and O–H groups in total. The molecule has 0 aromatic rings. The third-order valence-corrected chi connectivity index (χ3v) is 3.71. The summed E-state index contributed by atoms with van der Waals surface area (Å²) in [5, 5.41) is 0. The van der Waals surface area contributed by atoms with Crippen molar-refractivity contribution in [3.63, 3.8) is 0 Å². The van der Waals surface area contributed by atoms with Crippen molar-refractivity contribution in [2.24, 2.45) is 11.3 Å². The Hall–Kier alpha value is -0.0800. The van der Waals surface area contributed by atoms with Gasteiger partial charge in [-0.05, 0) is 24.2 Å². The van der Waals surface area contributed by atoms with Crippen molar-refractivity contribution in [2.75, 3.05) is 13.2 Å². The lowest BCUT2D eigenvalue weighted by atomic mass is 9.70. The topological polar surface area (TPSA) is 18.5 Å². The van der Waals surface area contributed by atoms with E-state index >= 15 is 0 Å². The molecule has 82 valence electrons. The molecule has 0 aromatic heterocycles. The van der Waals surface area contributed by atoms with Gasteiger partial charge in [0.25, 0.3) is 0 Å². The summed E-state index contributed by atoms with van der Waals surface area (Å²) in [5.41, 5.74) is 0.392. The van der Waals surface area contributed by atoms with Gasteiger partial charge in [0, 0.05) is 12.8 Å². The van der Waals surface area contributed by atoms with E-state index in [1.54, 1.807) is 0 Å². The smallest absolute Gasteiger partial charge is 0.168 e. The van der Waals surface area contributed by atoms with Gasteiger partial charge in [0.05, 0.1) is 13.2 Å². The van der Waals surface area contributed by atoms with E-state index < -0.39 is 0 Å². The zero-order valence-electron chi connectivity index (χ0n) is 9.64. The van der Waals surface area contributed by atoms with Gasteiger partial charge in [-0.2, -0.15) is 0 Å². The van der Waals surface area contributed by atoms with E-state index in [1.807, 2.05) is 0 Å². The molecule has 0 unspecified atom stereocenters. The molecular formula is C12H22O2. The van der Waals surface area contributed by atoms with Gasteiger partial charge in [-0.3, -0.25) is 0 Å². The van der Waals surface area contributed by atoms with Gasteiger partial charge in [-0.1, -0.05) is 20.8 Å². The van der Waals surface area contributed by atoms with Crippen LogP contribution in [0.15, 0.2) is 0 Å². The summed E-state index contributed by atoms with van der Waals surface area (Å²) in [7, 11) is 0. The van der Waals surface area contributed by atoms with E-state index in [9.17, 15) is 0 Å². The molecule has 0 radical (unpaired) electrons. The molecule has 2 fully saturated rings. The summed E-state index contributed by atoms with van der Waals surface area (Å²) in [4.78, 5) is 0. The van der Waals surface area contributed by atoms with Gasteiger partial charge in [-0.15, -0.1) is 0 Å². The average molecular weight is 198 g/mol. The Balaban J connectivity index is 2.03. The van der Waals surface area contributed by atoms with Crippen LogP contribution in [-0.4, -0.2) is 19.0 Å². The van der Waals surface area contributed by atoms with Crippen LogP contribution in [-0.2, 0) is 9.47 Å². The molecule has 1 heterocycles. The zero-order valence-corrected chi connectivity index (χ0v) is 9.64. The second kappa shape index (κ2) is 3.49. The Labute approximate surface area is 87.0 Å². The van der Waals surface area contributed by atoms with Crippen LogP contribution >= 0.6 is 0 Å². The Morgan fingerprint density at radius 1 is 1.14 bits per heavy atom. The maximum atomic E-state index is 5.78. The lowest BCUT2D eigenvalue weighted by Gasteiger charge is -2.41. The van der Waals surface area contributed by atoms with Crippen LogP contribution in [0.2, 0.25) is 0 Å². The summed E-state index contributed by atoms with van der Waals surface area (Å²) in [6.45, 7) is 8.55. The standard InChI is InChI=1S/C12H22O2/c1-11(2,3)10-5-4-6-12(9-10)13-7-8-14-12/h10H,4-9H2,1-3H3/t10-/m1/s1. The first-order valence-electron chi connectivity index (χ1n) is 5.80. The molecule has 0 aromatic carbocycles. The molecule has 1 atom stereocenters. The molecule has 0 bridgehead atoms. The highest BCUT2D eigenvalue weighted by Crippen LogP contribution is 2.45. The van der Waals surface area contributed by atoms with Crippen molar-refractivity contribution < 1.29 is 9.47 Å². The van der Waals surface area contributed by atoms with Crippen LogP contribution in [0.4, 0.5) is 0 Å². The molecule has 2 aliphatic rings. The molecule has 1 saturated heterocycles. The molecule has 1 aliphatic heterocycles. The number of hydrogen-bond acceptors (Lipinski definition) is 2. The highest BCUT2D eigenvalue weighted by atomic mass is 16.7. The first-order chi connectivity index (χ1) is 6.52. The number of ether oxygens (including phenoxy) is 2. The third kappa shape index (κ3) is 1.96. The van der Waals surface area contributed by atoms with E-state index in [1.165, 1.54) is 12.8 Å². The summed E-state index contributed by atoms with van der Waals surface area (Å²) >= 11 is 0. The minimum atomic E-state index is -0.198. The molecule has 1 saturated carbocycles. The van der Waals surface area contributed by atoms with Crippen LogP contribution < -0.4 is 0 Å². The van der Waals surface area contributed by atoms with Gasteiger partial charge >= 0.3 is 0 Å². The fraction of sp³-hybridized carbons (Fsp3) is 1.00. The minimum Gasteiger partial charge on any atom is -0.348 e. The van der Waals surface area contributed by atoms with Gasteiger partial charge in [0.1, 0.15) is 0 Å². The first-order valence-corrected chi connectivity index (χ1v) is 5.80. The third-order valence-electron chi connectivity index (χ3n) is 3.71. The molecule has 14 heavy (non-hydrogen) atoms. The van der Waals surface area contributed by atoms with Crippen molar-refractivity contribution >= 4 is 0 Å². The summed E-state index contributed by atoms with van der Waals surface area (Å²) in [5.74, 6) is 0.547. The Bertz CT molecular complexity index is 199. The number of hydrogen-bond donors (Lipinski definition) is 0. The van der Waals surface area contributed by atoms with E-state index in [0.717, 1.165) is 32.0 Å². The van der Waals surface area contributed by atoms with E-state index in [4.69, 9.17) is 9.47 Å². The minimum absolute atomic E-state index is 0.198. The SMILES string of the molecule is CC(C)(C)[C@@H]1CCCC2(C1)OCCO2. The normalized spacial score (nSPS) is 32.4. The van der Waals surface area contributed by atoms with E-state index in [-0.39, 0.29) is 5.79 Å². The highest BCUT2D eigenvalue weighted by Gasteiger charge is 2.44. The van der Waals surface area contributed by atoms with Crippen LogP contribution in [0.5, 0.6) is 0 Å². The molecule has 0 amide bonds. The van der Waals surface area contributed by atoms with Crippen LogP contribution in [0.3, 0.4) is 0 Å². The molecule has 2 rings (SSSR count). The second-order valence-electron chi connectivity index (χ2n) is 5.77. The predicted octanol–water partition coefficient (Wildman–Crippen LogP) is 2.97. The Kier molecular flexibility index (Phi) is 2.61. The monoisotopic (exact) mass is 198 g/mol. The van der Waals surface area contributed by atoms with Crippen LogP contribution in [0.1, 0.15) is 46.5 Å². The maximum absolute atomic E-state index is 5.78. The van der Waals surface area contributed by atoms with E-state index in [2.05, 4.69) is 20.8 Å². The Morgan fingerprint density at radius 2 is 1.79 bits per heavy atom. The van der Waals surface area contributed by atoms with Crippen molar-refractivity contribution in [3.05, 3.63) is 0 Å². The highest BCUT2D eigenvalue weighted by molar-refractivity contribution is 4.88. The summed E-state index contributed by atoms with van der Waals surface area (Å²) in [6.07, 6.45) is 4.77. The molecular weight excluding hydrogens is 176 g/mol.